The number of carbonyl (C=O) groups excluding carboxylic acids is 1. The molecule has 0 radical (unpaired) electrons. The molecule has 1 aromatic carbocycles. The van der Waals surface area contributed by atoms with E-state index in [1.54, 1.807) is 18.2 Å². The second kappa shape index (κ2) is 4.63. The van der Waals surface area contributed by atoms with Crippen molar-refractivity contribution in [1.82, 2.24) is 9.88 Å². The van der Waals surface area contributed by atoms with E-state index in [1.165, 1.54) is 4.57 Å². The number of aromatic nitrogens is 1. The Morgan fingerprint density at radius 2 is 2.29 bits per heavy atom. The van der Waals surface area contributed by atoms with Crippen LogP contribution >= 0.6 is 11.6 Å². The minimum absolute atomic E-state index is 0.0543. The predicted molar refractivity (Wildman–Crippen MR) is 64.2 cm³/mol. The average Bonchev–Trinajstić information content (AvgIpc) is 2.55. The first-order valence-electron chi connectivity index (χ1n) is 5.17. The second-order valence-corrected chi connectivity index (χ2v) is 3.96. The number of amides is 1. The summed E-state index contributed by atoms with van der Waals surface area (Å²) in [6, 6.07) is 4.85. The van der Waals surface area contributed by atoms with Crippen molar-refractivity contribution in [1.29, 1.82) is 0 Å². The summed E-state index contributed by atoms with van der Waals surface area (Å²) in [5, 5.41) is 3.10. The van der Waals surface area contributed by atoms with Gasteiger partial charge in [-0.3, -0.25) is 9.36 Å². The Balaban J connectivity index is 2.43. The van der Waals surface area contributed by atoms with Gasteiger partial charge in [-0.05, 0) is 19.1 Å². The molecule has 2 rings (SSSR count). The normalized spacial score (nSPS) is 10.7. The first kappa shape index (κ1) is 11.7. The zero-order chi connectivity index (χ0) is 12.4. The molecule has 0 aliphatic heterocycles. The molecule has 0 fully saturated rings. The van der Waals surface area contributed by atoms with Crippen LogP contribution in [0.15, 0.2) is 27.4 Å². The SMILES string of the molecule is CCNC(=O)Cn1c(=O)oc2cc(Cl)ccc21. The molecule has 1 aromatic heterocycles. The maximum Gasteiger partial charge on any atom is 0.420 e. The number of fused-ring (bicyclic) bond motifs is 1. The number of carbonyl (C=O) groups is 1. The van der Waals surface area contributed by atoms with E-state index in [-0.39, 0.29) is 12.5 Å². The number of likely N-dealkylation sites (N-methyl/N-ethyl adjacent to an activating group) is 1. The molecule has 0 aliphatic carbocycles. The summed E-state index contributed by atoms with van der Waals surface area (Å²) in [6.45, 7) is 2.28. The minimum atomic E-state index is -0.562. The zero-order valence-corrected chi connectivity index (χ0v) is 9.95. The van der Waals surface area contributed by atoms with Crippen LogP contribution in [0.3, 0.4) is 0 Å². The van der Waals surface area contributed by atoms with Crippen LogP contribution in [0.5, 0.6) is 0 Å². The average molecular weight is 255 g/mol. The zero-order valence-electron chi connectivity index (χ0n) is 9.20. The number of oxazole rings is 1. The molecule has 0 bridgehead atoms. The topological polar surface area (TPSA) is 64.2 Å². The highest BCUT2D eigenvalue weighted by Gasteiger charge is 2.12. The van der Waals surface area contributed by atoms with Crippen molar-refractivity contribution in [2.45, 2.75) is 13.5 Å². The predicted octanol–water partition coefficient (Wildman–Crippen LogP) is 1.38. The Morgan fingerprint density at radius 3 is 3.00 bits per heavy atom. The summed E-state index contributed by atoms with van der Waals surface area (Å²) in [4.78, 5) is 23.0. The molecule has 2 aromatic rings. The van der Waals surface area contributed by atoms with Crippen molar-refractivity contribution in [2.75, 3.05) is 6.54 Å². The van der Waals surface area contributed by atoms with Gasteiger partial charge in [0.25, 0.3) is 0 Å². The summed E-state index contributed by atoms with van der Waals surface area (Å²) in [5.74, 6) is -0.791. The van der Waals surface area contributed by atoms with E-state index in [9.17, 15) is 9.59 Å². The molecule has 1 heterocycles. The molecule has 0 saturated carbocycles. The lowest BCUT2D eigenvalue weighted by Gasteiger charge is -2.02. The standard InChI is InChI=1S/C11H11ClN2O3/c1-2-13-10(15)6-14-8-4-3-7(12)5-9(8)17-11(14)16/h3-5H,2,6H2,1H3,(H,13,15). The fourth-order valence-electron chi connectivity index (χ4n) is 1.59. The lowest BCUT2D eigenvalue weighted by atomic mass is 10.3. The molecule has 1 amide bonds. The van der Waals surface area contributed by atoms with Crippen LogP contribution in [0.2, 0.25) is 5.02 Å². The van der Waals surface area contributed by atoms with Crippen molar-refractivity contribution >= 4 is 28.6 Å². The van der Waals surface area contributed by atoms with E-state index < -0.39 is 5.76 Å². The number of benzene rings is 1. The first-order valence-corrected chi connectivity index (χ1v) is 5.55. The van der Waals surface area contributed by atoms with Gasteiger partial charge in [-0.1, -0.05) is 11.6 Å². The van der Waals surface area contributed by atoms with E-state index in [4.69, 9.17) is 16.0 Å². The summed E-state index contributed by atoms with van der Waals surface area (Å²) in [5.41, 5.74) is 0.942. The van der Waals surface area contributed by atoms with Crippen LogP contribution in [-0.4, -0.2) is 17.0 Å². The Hall–Kier alpha value is -1.75. The van der Waals surface area contributed by atoms with E-state index in [0.29, 0.717) is 22.7 Å². The quantitative estimate of drug-likeness (QED) is 0.900. The highest BCUT2D eigenvalue weighted by molar-refractivity contribution is 6.31. The van der Waals surface area contributed by atoms with Gasteiger partial charge in [-0.25, -0.2) is 4.79 Å². The minimum Gasteiger partial charge on any atom is -0.408 e. The van der Waals surface area contributed by atoms with Crippen molar-refractivity contribution in [3.63, 3.8) is 0 Å². The summed E-state index contributed by atoms with van der Waals surface area (Å²) in [6.07, 6.45) is 0. The monoisotopic (exact) mass is 254 g/mol. The van der Waals surface area contributed by atoms with Crippen LogP contribution in [0.25, 0.3) is 11.1 Å². The van der Waals surface area contributed by atoms with Gasteiger partial charge in [-0.2, -0.15) is 0 Å². The number of hydrogen-bond donors (Lipinski definition) is 1. The Bertz CT molecular complexity index is 615. The van der Waals surface area contributed by atoms with Gasteiger partial charge in [0, 0.05) is 17.6 Å². The van der Waals surface area contributed by atoms with Crippen LogP contribution in [-0.2, 0) is 11.3 Å². The fourth-order valence-corrected chi connectivity index (χ4v) is 1.75. The van der Waals surface area contributed by atoms with Gasteiger partial charge in [0.1, 0.15) is 6.54 Å². The van der Waals surface area contributed by atoms with Crippen LogP contribution in [0.4, 0.5) is 0 Å². The largest absolute Gasteiger partial charge is 0.420 e. The molecule has 0 spiro atoms. The van der Waals surface area contributed by atoms with Gasteiger partial charge in [0.05, 0.1) is 5.52 Å². The number of nitrogens with one attached hydrogen (secondary N) is 1. The van der Waals surface area contributed by atoms with E-state index in [0.717, 1.165) is 0 Å². The number of nitrogens with zero attached hydrogens (tertiary/aromatic N) is 1. The number of hydrogen-bond acceptors (Lipinski definition) is 3. The molecule has 0 atom stereocenters. The second-order valence-electron chi connectivity index (χ2n) is 3.52. The third-order valence-corrected chi connectivity index (χ3v) is 2.54. The van der Waals surface area contributed by atoms with Crippen LogP contribution < -0.4 is 11.1 Å². The van der Waals surface area contributed by atoms with Crippen molar-refractivity contribution in [3.8, 4) is 0 Å². The van der Waals surface area contributed by atoms with Gasteiger partial charge in [-0.15, -0.1) is 0 Å². The van der Waals surface area contributed by atoms with E-state index >= 15 is 0 Å². The highest BCUT2D eigenvalue weighted by atomic mass is 35.5. The third-order valence-electron chi connectivity index (χ3n) is 2.31. The molecular weight excluding hydrogens is 244 g/mol. The van der Waals surface area contributed by atoms with Crippen LogP contribution in [0, 0.1) is 0 Å². The molecule has 1 N–H and O–H groups in total. The molecule has 0 saturated heterocycles. The molecular formula is C11H11ClN2O3. The Morgan fingerprint density at radius 1 is 1.53 bits per heavy atom. The van der Waals surface area contributed by atoms with E-state index in [2.05, 4.69) is 5.32 Å². The maximum absolute atomic E-state index is 11.6. The van der Waals surface area contributed by atoms with Crippen molar-refractivity contribution < 1.29 is 9.21 Å². The molecule has 5 nitrogen and oxygen atoms in total. The first-order chi connectivity index (χ1) is 8.11. The Labute approximate surface area is 102 Å². The van der Waals surface area contributed by atoms with Gasteiger partial charge >= 0.3 is 5.76 Å². The van der Waals surface area contributed by atoms with Gasteiger partial charge in [0.2, 0.25) is 5.91 Å². The third kappa shape index (κ3) is 2.34. The molecule has 6 heteroatoms. The molecule has 17 heavy (non-hydrogen) atoms. The highest BCUT2D eigenvalue weighted by Crippen LogP contribution is 2.18. The number of halogens is 1. The summed E-state index contributed by atoms with van der Waals surface area (Å²) >= 11 is 5.79. The van der Waals surface area contributed by atoms with Crippen molar-refractivity contribution in [3.05, 3.63) is 33.8 Å². The number of rotatable bonds is 3. The lowest BCUT2D eigenvalue weighted by Crippen LogP contribution is -2.30. The van der Waals surface area contributed by atoms with Gasteiger partial charge in [0.15, 0.2) is 5.58 Å². The van der Waals surface area contributed by atoms with Gasteiger partial charge < -0.3 is 9.73 Å². The van der Waals surface area contributed by atoms with Crippen LogP contribution in [0.1, 0.15) is 6.92 Å². The maximum atomic E-state index is 11.6. The summed E-state index contributed by atoms with van der Waals surface area (Å²) in [7, 11) is 0. The summed E-state index contributed by atoms with van der Waals surface area (Å²) < 4.78 is 6.28. The molecule has 0 aliphatic rings. The van der Waals surface area contributed by atoms with Crippen molar-refractivity contribution in [2.24, 2.45) is 0 Å². The Kier molecular flexibility index (Phi) is 3.19. The smallest absolute Gasteiger partial charge is 0.408 e. The molecule has 0 unspecified atom stereocenters. The fraction of sp³-hybridized carbons (Fsp3) is 0.273. The van der Waals surface area contributed by atoms with E-state index in [1.807, 2.05) is 6.92 Å². The lowest BCUT2D eigenvalue weighted by molar-refractivity contribution is -0.121. The molecule has 90 valence electrons.